The first-order valence-electron chi connectivity index (χ1n) is 8.89. The Bertz CT molecular complexity index is 875. The van der Waals surface area contributed by atoms with Crippen molar-refractivity contribution in [1.82, 2.24) is 5.32 Å². The molecule has 0 radical (unpaired) electrons. The maximum atomic E-state index is 12.3. The number of hydrogen-bond acceptors (Lipinski definition) is 5. The first-order valence-corrected chi connectivity index (χ1v) is 8.89. The quantitative estimate of drug-likeness (QED) is 0.761. The fraction of sp³-hybridized carbons (Fsp3) is 0.333. The molecular formula is C21H23NO6. The zero-order valence-corrected chi connectivity index (χ0v) is 16.0. The summed E-state index contributed by atoms with van der Waals surface area (Å²) < 4.78 is 16.6. The number of carbonyl (C=O) groups is 2. The molecule has 0 bridgehead atoms. The molecule has 3 rings (SSSR count). The largest absolute Gasteiger partial charge is 0.497 e. The number of hydrogen-bond donors (Lipinski definition) is 2. The second kappa shape index (κ2) is 7.80. The van der Waals surface area contributed by atoms with Gasteiger partial charge in [-0.1, -0.05) is 24.3 Å². The van der Waals surface area contributed by atoms with E-state index in [9.17, 15) is 14.7 Å². The molecule has 1 atom stereocenters. The van der Waals surface area contributed by atoms with E-state index < -0.39 is 17.9 Å². The smallest absolute Gasteiger partial charge is 0.330 e. The fourth-order valence-electron chi connectivity index (χ4n) is 3.13. The Morgan fingerprint density at radius 2 is 1.93 bits per heavy atom. The van der Waals surface area contributed by atoms with Crippen molar-refractivity contribution >= 4 is 11.9 Å². The highest BCUT2D eigenvalue weighted by Gasteiger charge is 2.32. The number of nitrogens with one attached hydrogen (secondary N) is 1. The highest BCUT2D eigenvalue weighted by atomic mass is 16.5. The van der Waals surface area contributed by atoms with E-state index in [4.69, 9.17) is 14.2 Å². The van der Waals surface area contributed by atoms with Gasteiger partial charge in [0.05, 0.1) is 7.11 Å². The van der Waals surface area contributed by atoms with Crippen LogP contribution in [-0.4, -0.2) is 36.3 Å². The van der Waals surface area contributed by atoms with Gasteiger partial charge < -0.3 is 24.6 Å². The monoisotopic (exact) mass is 385 g/mol. The Labute approximate surface area is 163 Å². The Hall–Kier alpha value is -3.22. The van der Waals surface area contributed by atoms with Gasteiger partial charge in [-0.3, -0.25) is 4.79 Å². The van der Waals surface area contributed by atoms with Crippen LogP contribution in [0, 0.1) is 0 Å². The van der Waals surface area contributed by atoms with Gasteiger partial charge in [0.2, 0.25) is 0 Å². The van der Waals surface area contributed by atoms with Gasteiger partial charge in [0, 0.05) is 12.0 Å². The third-order valence-electron chi connectivity index (χ3n) is 4.42. The molecule has 1 aliphatic rings. The Balaban J connectivity index is 1.65. The zero-order valence-electron chi connectivity index (χ0n) is 16.0. The van der Waals surface area contributed by atoms with Crippen molar-refractivity contribution in [2.75, 3.05) is 13.7 Å². The van der Waals surface area contributed by atoms with Crippen LogP contribution in [0.1, 0.15) is 31.0 Å². The molecule has 2 aromatic carbocycles. The van der Waals surface area contributed by atoms with Gasteiger partial charge in [-0.2, -0.15) is 0 Å². The van der Waals surface area contributed by atoms with Gasteiger partial charge in [0.15, 0.2) is 24.1 Å². The number of aliphatic carboxylic acids is 1. The summed E-state index contributed by atoms with van der Waals surface area (Å²) in [6.07, 6.45) is 0.754. The molecule has 1 amide bonds. The molecule has 1 unspecified atom stereocenters. The van der Waals surface area contributed by atoms with Gasteiger partial charge in [0.25, 0.3) is 5.91 Å². The van der Waals surface area contributed by atoms with Gasteiger partial charge in [-0.15, -0.1) is 0 Å². The average Bonchev–Trinajstić information content (AvgIpc) is 2.98. The maximum absolute atomic E-state index is 12.3. The first-order chi connectivity index (χ1) is 13.3. The minimum Gasteiger partial charge on any atom is -0.497 e. The summed E-state index contributed by atoms with van der Waals surface area (Å²) in [6.45, 7) is 3.64. The van der Waals surface area contributed by atoms with Crippen molar-refractivity contribution < 1.29 is 28.9 Å². The number of rotatable bonds is 7. The van der Waals surface area contributed by atoms with Crippen molar-refractivity contribution in [2.45, 2.75) is 31.9 Å². The highest BCUT2D eigenvalue weighted by Crippen LogP contribution is 2.41. The van der Waals surface area contributed by atoms with Gasteiger partial charge >= 0.3 is 5.97 Å². The number of fused-ring (bicyclic) bond motifs is 1. The molecule has 0 spiro atoms. The molecule has 2 aromatic rings. The maximum Gasteiger partial charge on any atom is 0.330 e. The van der Waals surface area contributed by atoms with Gasteiger partial charge in [0.1, 0.15) is 11.4 Å². The van der Waals surface area contributed by atoms with E-state index in [0.29, 0.717) is 22.8 Å². The number of carbonyl (C=O) groups excluding carboxylic acids is 1. The lowest BCUT2D eigenvalue weighted by Gasteiger charge is -2.18. The molecule has 7 heteroatoms. The summed E-state index contributed by atoms with van der Waals surface area (Å²) in [4.78, 5) is 23.9. The third-order valence-corrected chi connectivity index (χ3v) is 4.42. The first kappa shape index (κ1) is 19.5. The van der Waals surface area contributed by atoms with Crippen LogP contribution in [0.25, 0.3) is 0 Å². The number of carboxylic acids is 1. The molecule has 7 nitrogen and oxygen atoms in total. The summed E-state index contributed by atoms with van der Waals surface area (Å²) in [5.41, 5.74) is 1.13. The number of benzene rings is 2. The molecule has 0 aromatic heterocycles. The van der Waals surface area contributed by atoms with Crippen LogP contribution in [-0.2, 0) is 16.0 Å². The molecule has 0 fully saturated rings. The molecule has 1 heterocycles. The Morgan fingerprint density at radius 3 is 2.57 bits per heavy atom. The number of para-hydroxylation sites is 1. The standard InChI is InChI=1S/C21H23NO6/c1-21(2)11-14-5-4-6-16(19(14)28-21)27-12-17(23)22-18(20(24)25)13-7-9-15(26-3)10-8-13/h4-10,18H,11-12H2,1-3H3,(H,22,23)(H,24,25). The summed E-state index contributed by atoms with van der Waals surface area (Å²) in [6, 6.07) is 10.8. The number of ether oxygens (including phenoxy) is 3. The van der Waals surface area contributed by atoms with Crippen LogP contribution in [0.4, 0.5) is 0 Å². The van der Waals surface area contributed by atoms with Crippen molar-refractivity contribution in [2.24, 2.45) is 0 Å². The van der Waals surface area contributed by atoms with Crippen molar-refractivity contribution in [3.63, 3.8) is 0 Å². The molecule has 2 N–H and O–H groups in total. The SMILES string of the molecule is COc1ccc(C(NC(=O)COc2cccc3c2OC(C)(C)C3)C(=O)O)cc1. The van der Waals surface area contributed by atoms with Crippen LogP contribution in [0.3, 0.4) is 0 Å². The van der Waals surface area contributed by atoms with Crippen molar-refractivity contribution in [1.29, 1.82) is 0 Å². The molecule has 0 aliphatic carbocycles. The molecular weight excluding hydrogens is 362 g/mol. The summed E-state index contributed by atoms with van der Waals surface area (Å²) in [5, 5.41) is 11.9. The molecule has 1 aliphatic heterocycles. The zero-order chi connectivity index (χ0) is 20.3. The molecule has 28 heavy (non-hydrogen) atoms. The number of methoxy groups -OCH3 is 1. The van der Waals surface area contributed by atoms with E-state index in [1.54, 1.807) is 30.3 Å². The summed E-state index contributed by atoms with van der Waals surface area (Å²) in [5.74, 6) is -0.00882. The summed E-state index contributed by atoms with van der Waals surface area (Å²) in [7, 11) is 1.52. The van der Waals surface area contributed by atoms with E-state index in [-0.39, 0.29) is 12.2 Å². The van der Waals surface area contributed by atoms with Gasteiger partial charge in [-0.25, -0.2) is 4.79 Å². The van der Waals surface area contributed by atoms with E-state index in [2.05, 4.69) is 5.32 Å². The number of amides is 1. The van der Waals surface area contributed by atoms with E-state index in [0.717, 1.165) is 12.0 Å². The predicted octanol–water partition coefficient (Wildman–Crippen LogP) is 2.73. The Kier molecular flexibility index (Phi) is 5.44. The minimum atomic E-state index is -1.18. The predicted molar refractivity (Wildman–Crippen MR) is 102 cm³/mol. The highest BCUT2D eigenvalue weighted by molar-refractivity contribution is 5.85. The second-order valence-corrected chi connectivity index (χ2v) is 7.18. The summed E-state index contributed by atoms with van der Waals surface area (Å²) >= 11 is 0. The fourth-order valence-corrected chi connectivity index (χ4v) is 3.13. The molecule has 0 saturated heterocycles. The third kappa shape index (κ3) is 4.36. The average molecular weight is 385 g/mol. The lowest BCUT2D eigenvalue weighted by molar-refractivity contribution is -0.142. The lowest BCUT2D eigenvalue weighted by atomic mass is 10.0. The van der Waals surface area contributed by atoms with E-state index >= 15 is 0 Å². The lowest BCUT2D eigenvalue weighted by Crippen LogP contribution is -2.36. The van der Waals surface area contributed by atoms with Crippen molar-refractivity contribution in [3.05, 3.63) is 53.6 Å². The van der Waals surface area contributed by atoms with Crippen LogP contribution in [0.5, 0.6) is 17.2 Å². The van der Waals surface area contributed by atoms with Crippen LogP contribution < -0.4 is 19.5 Å². The van der Waals surface area contributed by atoms with Crippen LogP contribution >= 0.6 is 0 Å². The Morgan fingerprint density at radius 1 is 1.21 bits per heavy atom. The van der Waals surface area contributed by atoms with Gasteiger partial charge in [-0.05, 0) is 37.6 Å². The van der Waals surface area contributed by atoms with Crippen LogP contribution in [0.2, 0.25) is 0 Å². The number of carboxylic acid groups (broad SMARTS) is 1. The molecule has 148 valence electrons. The van der Waals surface area contributed by atoms with Crippen molar-refractivity contribution in [3.8, 4) is 17.2 Å². The molecule has 0 saturated carbocycles. The second-order valence-electron chi connectivity index (χ2n) is 7.18. The van der Waals surface area contributed by atoms with Crippen LogP contribution in [0.15, 0.2) is 42.5 Å². The normalized spacial score (nSPS) is 15.1. The van der Waals surface area contributed by atoms with E-state index in [1.807, 2.05) is 26.0 Å². The van der Waals surface area contributed by atoms with E-state index in [1.165, 1.54) is 7.11 Å². The minimum absolute atomic E-state index is 0.319. The topological polar surface area (TPSA) is 94.1 Å².